The fraction of sp³-hybridized carbons (Fsp3) is 0.345. The van der Waals surface area contributed by atoms with Crippen LogP contribution in [-0.4, -0.2) is 63.5 Å². The molecule has 0 radical (unpaired) electrons. The highest BCUT2D eigenvalue weighted by atomic mass is 16.7. The number of benzene rings is 2. The third-order valence-corrected chi connectivity index (χ3v) is 7.57. The predicted octanol–water partition coefficient (Wildman–Crippen LogP) is 3.63. The zero-order chi connectivity index (χ0) is 28.0. The zero-order valence-electron chi connectivity index (χ0n) is 22.5. The first-order chi connectivity index (χ1) is 19.5. The fourth-order valence-electron chi connectivity index (χ4n) is 5.78. The van der Waals surface area contributed by atoms with E-state index in [0.717, 1.165) is 11.1 Å². The minimum Gasteiger partial charge on any atom is -0.493 e. The van der Waals surface area contributed by atoms with Gasteiger partial charge in [-0.2, -0.15) is 0 Å². The van der Waals surface area contributed by atoms with E-state index in [1.54, 1.807) is 31.5 Å². The number of carbonyl (C=O) groups excluding carboxylic acids is 2. The number of hydrogen-bond acceptors (Lipinski definition) is 11. The number of ether oxygens (including phenoxy) is 7. The lowest BCUT2D eigenvalue weighted by molar-refractivity contribution is 0.00846. The summed E-state index contributed by atoms with van der Waals surface area (Å²) in [6.45, 7) is 0.589. The van der Waals surface area contributed by atoms with Crippen molar-refractivity contribution in [3.8, 4) is 28.7 Å². The van der Waals surface area contributed by atoms with Crippen molar-refractivity contribution in [3.63, 3.8) is 0 Å². The summed E-state index contributed by atoms with van der Waals surface area (Å²) in [5.74, 6) is 1.16. The molecule has 0 spiro atoms. The molecule has 2 atom stereocenters. The number of rotatable bonds is 7. The number of cyclic esters (lactones) is 1. The molecule has 3 aromatic rings. The Hall–Kier alpha value is -4.51. The first-order valence-electron chi connectivity index (χ1n) is 12.7. The Balaban J connectivity index is 1.47. The van der Waals surface area contributed by atoms with Gasteiger partial charge in [-0.1, -0.05) is 6.07 Å². The predicted molar refractivity (Wildman–Crippen MR) is 139 cm³/mol. The third kappa shape index (κ3) is 3.96. The Morgan fingerprint density at radius 3 is 2.60 bits per heavy atom. The molecule has 40 heavy (non-hydrogen) atoms. The molecular weight excluding hydrogens is 520 g/mol. The number of esters is 2. The summed E-state index contributed by atoms with van der Waals surface area (Å²) in [4.78, 5) is 32.1. The molecule has 0 saturated carbocycles. The lowest BCUT2D eigenvalue weighted by Crippen LogP contribution is -2.37. The quantitative estimate of drug-likeness (QED) is 0.403. The molecule has 0 amide bonds. The van der Waals surface area contributed by atoms with Crippen LogP contribution in [0, 0.1) is 0 Å². The van der Waals surface area contributed by atoms with Gasteiger partial charge in [-0.3, -0.25) is 9.88 Å². The molecule has 0 bridgehead atoms. The van der Waals surface area contributed by atoms with E-state index in [4.69, 9.17) is 33.2 Å². The van der Waals surface area contributed by atoms with Crippen LogP contribution in [0.25, 0.3) is 0 Å². The zero-order valence-corrected chi connectivity index (χ0v) is 22.5. The average Bonchev–Trinajstić information content (AvgIpc) is 3.60. The lowest BCUT2D eigenvalue weighted by Gasteiger charge is -2.39. The summed E-state index contributed by atoms with van der Waals surface area (Å²) in [6.07, 6.45) is 2.99. The number of carbonyl (C=O) groups is 2. The van der Waals surface area contributed by atoms with Crippen LogP contribution in [0.15, 0.2) is 36.7 Å². The molecule has 0 fully saturated rings. The topological polar surface area (TPSA) is 115 Å². The number of fused-ring (bicyclic) bond motifs is 3. The Labute approximate surface area is 230 Å². The van der Waals surface area contributed by atoms with E-state index < -0.39 is 24.1 Å². The monoisotopic (exact) mass is 548 g/mol. The molecule has 0 N–H and O–H groups in total. The molecule has 1 unspecified atom stereocenters. The van der Waals surface area contributed by atoms with Gasteiger partial charge < -0.3 is 33.2 Å². The molecule has 11 nitrogen and oxygen atoms in total. The van der Waals surface area contributed by atoms with Crippen LogP contribution >= 0.6 is 0 Å². The number of hydrogen-bond donors (Lipinski definition) is 0. The Kier molecular flexibility index (Phi) is 6.59. The highest BCUT2D eigenvalue weighted by Gasteiger charge is 2.47. The summed E-state index contributed by atoms with van der Waals surface area (Å²) in [5, 5.41) is 0. The minimum atomic E-state index is -0.675. The highest BCUT2D eigenvalue weighted by molar-refractivity contribution is 5.98. The van der Waals surface area contributed by atoms with Gasteiger partial charge in [0.15, 0.2) is 23.0 Å². The van der Waals surface area contributed by atoms with E-state index in [1.807, 2.05) is 13.1 Å². The Bertz CT molecular complexity index is 1490. The number of nitrogens with zero attached hydrogens (tertiary/aromatic N) is 2. The first-order valence-corrected chi connectivity index (χ1v) is 12.7. The molecule has 208 valence electrons. The van der Waals surface area contributed by atoms with Gasteiger partial charge in [-0.25, -0.2) is 9.59 Å². The van der Waals surface area contributed by atoms with Gasteiger partial charge in [0.05, 0.1) is 32.9 Å². The number of pyridine rings is 1. The van der Waals surface area contributed by atoms with E-state index in [9.17, 15) is 9.59 Å². The number of methoxy groups -OCH3 is 3. The summed E-state index contributed by atoms with van der Waals surface area (Å²) in [6, 6.07) is 6.46. The second kappa shape index (κ2) is 10.2. The highest BCUT2D eigenvalue weighted by Crippen LogP contribution is 2.57. The fourth-order valence-corrected chi connectivity index (χ4v) is 5.78. The molecule has 3 aliphatic heterocycles. The minimum absolute atomic E-state index is 0.00309. The summed E-state index contributed by atoms with van der Waals surface area (Å²) >= 11 is 0. The second-order valence-corrected chi connectivity index (χ2v) is 9.55. The third-order valence-electron chi connectivity index (χ3n) is 7.57. The van der Waals surface area contributed by atoms with Crippen molar-refractivity contribution in [2.24, 2.45) is 0 Å². The molecule has 4 heterocycles. The van der Waals surface area contributed by atoms with E-state index in [-0.39, 0.29) is 13.4 Å². The summed E-state index contributed by atoms with van der Waals surface area (Å²) < 4.78 is 40.3. The van der Waals surface area contributed by atoms with Crippen molar-refractivity contribution in [3.05, 3.63) is 70.0 Å². The molecule has 6 rings (SSSR count). The van der Waals surface area contributed by atoms with Gasteiger partial charge in [0.25, 0.3) is 0 Å². The Morgan fingerprint density at radius 1 is 1.07 bits per heavy atom. The van der Waals surface area contributed by atoms with Gasteiger partial charge in [-0.15, -0.1) is 0 Å². The molecular formula is C29H28N2O9. The van der Waals surface area contributed by atoms with E-state index in [2.05, 4.69) is 9.88 Å². The van der Waals surface area contributed by atoms with Crippen molar-refractivity contribution in [2.45, 2.75) is 25.2 Å². The van der Waals surface area contributed by atoms with Crippen molar-refractivity contribution >= 4 is 11.9 Å². The second-order valence-electron chi connectivity index (χ2n) is 9.55. The van der Waals surface area contributed by atoms with Gasteiger partial charge in [0, 0.05) is 35.6 Å². The summed E-state index contributed by atoms with van der Waals surface area (Å²) in [5.41, 5.74) is 3.72. The maximum Gasteiger partial charge on any atom is 0.343 e. The number of aromatic nitrogens is 1. The normalized spacial score (nSPS) is 18.9. The molecule has 3 aliphatic rings. The number of likely N-dealkylation sites (N-methyl/N-ethyl adjacent to an activating group) is 1. The largest absolute Gasteiger partial charge is 0.493 e. The maximum absolute atomic E-state index is 13.2. The maximum atomic E-state index is 13.2. The van der Waals surface area contributed by atoms with Crippen LogP contribution in [-0.2, 0) is 22.5 Å². The van der Waals surface area contributed by atoms with Crippen molar-refractivity contribution in [1.29, 1.82) is 0 Å². The van der Waals surface area contributed by atoms with Crippen LogP contribution < -0.4 is 23.7 Å². The standard InChI is InChI=1S/C29H28N2O9/c1-31-11-9-16-18(13-37-28(32)15-6-5-10-30-12-15)24-27(39-14-38-24)26(36-4)20(16)22(31)23-17-7-8-19(34-2)25(35-3)21(17)29(33)40-23/h5-8,10,12,22-23H,9,11,13-14H2,1-4H3/t22-,23?/m1/s1. The van der Waals surface area contributed by atoms with E-state index in [0.29, 0.717) is 64.0 Å². The Morgan fingerprint density at radius 2 is 1.88 bits per heavy atom. The van der Waals surface area contributed by atoms with Gasteiger partial charge in [0.1, 0.15) is 18.3 Å². The van der Waals surface area contributed by atoms with E-state index >= 15 is 0 Å². The van der Waals surface area contributed by atoms with Gasteiger partial charge >= 0.3 is 11.9 Å². The average molecular weight is 549 g/mol. The summed E-state index contributed by atoms with van der Waals surface area (Å²) in [7, 11) is 6.53. The molecule has 2 aromatic carbocycles. The first kappa shape index (κ1) is 25.8. The molecule has 0 saturated heterocycles. The molecule has 0 aliphatic carbocycles. The molecule has 1 aromatic heterocycles. The SMILES string of the molecule is COc1ccc2c(c1OC)C(=O)OC2[C@H]1c2c(c(COC(=O)c3cccnc3)c3c(c2OC)OCO3)CCN1C. The van der Waals surface area contributed by atoms with Gasteiger partial charge in [-0.05, 0) is 37.2 Å². The molecule has 11 heteroatoms. The lowest BCUT2D eigenvalue weighted by atomic mass is 9.83. The van der Waals surface area contributed by atoms with Gasteiger partial charge in [0.2, 0.25) is 12.5 Å². The van der Waals surface area contributed by atoms with Crippen molar-refractivity contribution < 1.29 is 42.7 Å². The van der Waals surface area contributed by atoms with Crippen LogP contribution in [0.5, 0.6) is 28.7 Å². The van der Waals surface area contributed by atoms with Crippen LogP contribution in [0.3, 0.4) is 0 Å². The van der Waals surface area contributed by atoms with Crippen LogP contribution in [0.1, 0.15) is 55.1 Å². The van der Waals surface area contributed by atoms with Crippen molar-refractivity contribution in [1.82, 2.24) is 9.88 Å². The smallest absolute Gasteiger partial charge is 0.343 e. The van der Waals surface area contributed by atoms with E-state index in [1.165, 1.54) is 20.4 Å². The van der Waals surface area contributed by atoms with Crippen LogP contribution in [0.4, 0.5) is 0 Å². The van der Waals surface area contributed by atoms with Crippen molar-refractivity contribution in [2.75, 3.05) is 41.7 Å². The van der Waals surface area contributed by atoms with Crippen LogP contribution in [0.2, 0.25) is 0 Å².